The van der Waals surface area contributed by atoms with Gasteiger partial charge in [0, 0.05) is 36.5 Å². The fourth-order valence-electron chi connectivity index (χ4n) is 3.66. The summed E-state index contributed by atoms with van der Waals surface area (Å²) in [5.74, 6) is 1.78. The monoisotopic (exact) mass is 536 g/mol. The van der Waals surface area contributed by atoms with Gasteiger partial charge in [-0.05, 0) is 36.2 Å². The molecule has 168 valence electrons. The van der Waals surface area contributed by atoms with Crippen molar-refractivity contribution in [1.29, 1.82) is 0 Å². The van der Waals surface area contributed by atoms with Crippen LogP contribution in [0.1, 0.15) is 44.2 Å². The molecule has 7 heteroatoms. The number of carbonyl (C=O) groups is 1. The number of anilines is 1. The van der Waals surface area contributed by atoms with Gasteiger partial charge in [0.25, 0.3) is 0 Å². The van der Waals surface area contributed by atoms with Crippen LogP contribution in [0.2, 0.25) is 0 Å². The van der Waals surface area contributed by atoms with Crippen LogP contribution in [0.3, 0.4) is 0 Å². The van der Waals surface area contributed by atoms with E-state index in [9.17, 15) is 4.79 Å². The minimum Gasteiger partial charge on any atom is -0.497 e. The van der Waals surface area contributed by atoms with Crippen LogP contribution < -0.4 is 20.7 Å². The van der Waals surface area contributed by atoms with Crippen LogP contribution in [0.25, 0.3) is 0 Å². The first-order valence-corrected chi connectivity index (χ1v) is 10.5. The van der Waals surface area contributed by atoms with E-state index in [4.69, 9.17) is 9.73 Å². The zero-order chi connectivity index (χ0) is 21.6. The highest BCUT2D eigenvalue weighted by Crippen LogP contribution is 2.31. The first-order valence-electron chi connectivity index (χ1n) is 10.5. The summed E-state index contributed by atoms with van der Waals surface area (Å²) < 4.78 is 5.36. The number of amides is 1. The van der Waals surface area contributed by atoms with Crippen molar-refractivity contribution in [3.05, 3.63) is 59.7 Å². The fourth-order valence-corrected chi connectivity index (χ4v) is 3.66. The van der Waals surface area contributed by atoms with Crippen molar-refractivity contribution in [3.63, 3.8) is 0 Å². The third-order valence-corrected chi connectivity index (χ3v) is 5.45. The number of methoxy groups -OCH3 is 1. The predicted octanol–water partition coefficient (Wildman–Crippen LogP) is 4.27. The average Bonchev–Trinajstić information content (AvgIpc) is 2.75. The molecule has 2 aromatic carbocycles. The van der Waals surface area contributed by atoms with Gasteiger partial charge in [0.1, 0.15) is 5.75 Å². The number of ether oxygens (including phenoxy) is 1. The molecular formula is C24H33IN4O2. The molecule has 1 aliphatic heterocycles. The topological polar surface area (TPSA) is 74.8 Å². The van der Waals surface area contributed by atoms with Crippen LogP contribution in [0.15, 0.2) is 53.5 Å². The number of fused-ring (bicyclic) bond motifs is 1. The highest BCUT2D eigenvalue weighted by Gasteiger charge is 2.25. The quantitative estimate of drug-likeness (QED) is 0.281. The number of hydrogen-bond acceptors (Lipinski definition) is 3. The number of nitrogens with zero attached hydrogens (tertiary/aromatic N) is 1. The number of halogens is 1. The van der Waals surface area contributed by atoms with E-state index < -0.39 is 0 Å². The van der Waals surface area contributed by atoms with Crippen LogP contribution in [0.4, 0.5) is 5.69 Å². The lowest BCUT2D eigenvalue weighted by Gasteiger charge is -2.27. The van der Waals surface area contributed by atoms with E-state index in [1.807, 2.05) is 37.3 Å². The third-order valence-electron chi connectivity index (χ3n) is 5.45. The van der Waals surface area contributed by atoms with Crippen LogP contribution in [-0.2, 0) is 10.2 Å². The van der Waals surface area contributed by atoms with Gasteiger partial charge in [-0.25, -0.2) is 0 Å². The van der Waals surface area contributed by atoms with Gasteiger partial charge < -0.3 is 20.7 Å². The molecule has 2 aromatic rings. The average molecular weight is 536 g/mol. The summed E-state index contributed by atoms with van der Waals surface area (Å²) in [6, 6.07) is 16.1. The molecule has 6 nitrogen and oxygen atoms in total. The number of carbonyl (C=O) groups excluding carboxylic acids is 1. The van der Waals surface area contributed by atoms with E-state index in [2.05, 4.69) is 48.0 Å². The SMILES string of the molecule is CCNC(=NCC(C)(C)c1cccc(OC)c1)NCC1CC(=O)Nc2ccccc21.I. The molecule has 0 spiro atoms. The van der Waals surface area contributed by atoms with Crippen molar-refractivity contribution < 1.29 is 9.53 Å². The predicted molar refractivity (Wildman–Crippen MR) is 138 cm³/mol. The van der Waals surface area contributed by atoms with E-state index in [0.717, 1.165) is 29.5 Å². The molecule has 3 rings (SSSR count). The number of guanidine groups is 1. The van der Waals surface area contributed by atoms with Gasteiger partial charge in [-0.2, -0.15) is 0 Å². The van der Waals surface area contributed by atoms with Crippen molar-refractivity contribution in [2.24, 2.45) is 4.99 Å². The molecule has 0 saturated heterocycles. The molecule has 0 aliphatic carbocycles. The summed E-state index contributed by atoms with van der Waals surface area (Å²) in [5.41, 5.74) is 3.10. The molecule has 0 fully saturated rings. The summed E-state index contributed by atoms with van der Waals surface area (Å²) in [4.78, 5) is 16.9. The first-order chi connectivity index (χ1) is 14.4. The molecule has 0 saturated carbocycles. The Bertz CT molecular complexity index is 914. The van der Waals surface area contributed by atoms with Gasteiger partial charge >= 0.3 is 0 Å². The van der Waals surface area contributed by atoms with Crippen LogP contribution >= 0.6 is 24.0 Å². The molecule has 1 atom stereocenters. The number of nitrogens with one attached hydrogen (secondary N) is 3. The zero-order valence-corrected chi connectivity index (χ0v) is 21.0. The summed E-state index contributed by atoms with van der Waals surface area (Å²) in [6.45, 7) is 8.45. The summed E-state index contributed by atoms with van der Waals surface area (Å²) in [7, 11) is 1.68. The second-order valence-corrected chi connectivity index (χ2v) is 8.23. The lowest BCUT2D eigenvalue weighted by Crippen LogP contribution is -2.41. The van der Waals surface area contributed by atoms with Crippen molar-refractivity contribution in [3.8, 4) is 5.75 Å². The Morgan fingerprint density at radius 3 is 2.71 bits per heavy atom. The first kappa shape index (κ1) is 25.0. The van der Waals surface area contributed by atoms with Crippen molar-refractivity contribution in [1.82, 2.24) is 10.6 Å². The van der Waals surface area contributed by atoms with Crippen LogP contribution in [-0.4, -0.2) is 38.6 Å². The molecule has 31 heavy (non-hydrogen) atoms. The Balaban J connectivity index is 0.00000341. The number of benzene rings is 2. The number of rotatable bonds is 7. The molecular weight excluding hydrogens is 503 g/mol. The maximum atomic E-state index is 12.1. The maximum absolute atomic E-state index is 12.1. The Morgan fingerprint density at radius 2 is 1.97 bits per heavy atom. The Kier molecular flexibility index (Phi) is 9.15. The summed E-state index contributed by atoms with van der Waals surface area (Å²) in [5, 5.41) is 9.70. The van der Waals surface area contributed by atoms with Gasteiger partial charge in [-0.3, -0.25) is 9.79 Å². The molecule has 1 heterocycles. The Labute approximate surface area is 202 Å². The molecule has 1 amide bonds. The normalized spacial score (nSPS) is 15.9. The van der Waals surface area contributed by atoms with Crippen molar-refractivity contribution >= 4 is 41.5 Å². The maximum Gasteiger partial charge on any atom is 0.225 e. The van der Waals surface area contributed by atoms with E-state index in [0.29, 0.717) is 19.5 Å². The minimum absolute atomic E-state index is 0. The summed E-state index contributed by atoms with van der Waals surface area (Å²) in [6.07, 6.45) is 0.471. The minimum atomic E-state index is -0.145. The Hall–Kier alpha value is -2.29. The van der Waals surface area contributed by atoms with Crippen LogP contribution in [0, 0.1) is 0 Å². The van der Waals surface area contributed by atoms with E-state index in [-0.39, 0.29) is 41.2 Å². The van der Waals surface area contributed by atoms with Gasteiger partial charge in [-0.1, -0.05) is 44.2 Å². The molecule has 3 N–H and O–H groups in total. The highest BCUT2D eigenvalue weighted by atomic mass is 127. The highest BCUT2D eigenvalue weighted by molar-refractivity contribution is 14.0. The van der Waals surface area contributed by atoms with Gasteiger partial charge in [0.2, 0.25) is 5.91 Å². The van der Waals surface area contributed by atoms with E-state index >= 15 is 0 Å². The standard InChI is InChI=1S/C24H32N4O2.HI/c1-5-25-23(27-16-24(2,3)18-9-8-10-19(14-18)30-4)26-15-17-13-22(29)28-21-12-7-6-11-20(17)21;/h6-12,14,17H,5,13,15-16H2,1-4H3,(H,28,29)(H2,25,26,27);1H. The third kappa shape index (κ3) is 6.59. The zero-order valence-electron chi connectivity index (χ0n) is 18.7. The second-order valence-electron chi connectivity index (χ2n) is 8.23. The van der Waals surface area contributed by atoms with Gasteiger partial charge in [0.15, 0.2) is 5.96 Å². The second kappa shape index (κ2) is 11.4. The van der Waals surface area contributed by atoms with E-state index in [1.165, 1.54) is 5.56 Å². The number of hydrogen-bond donors (Lipinski definition) is 3. The fraction of sp³-hybridized carbons (Fsp3) is 0.417. The lowest BCUT2D eigenvalue weighted by molar-refractivity contribution is -0.116. The Morgan fingerprint density at radius 1 is 1.19 bits per heavy atom. The largest absolute Gasteiger partial charge is 0.497 e. The number of para-hydroxylation sites is 1. The molecule has 0 radical (unpaired) electrons. The van der Waals surface area contributed by atoms with E-state index in [1.54, 1.807) is 7.11 Å². The lowest BCUT2D eigenvalue weighted by atomic mass is 9.84. The van der Waals surface area contributed by atoms with Gasteiger partial charge in [0.05, 0.1) is 13.7 Å². The molecule has 0 aromatic heterocycles. The smallest absolute Gasteiger partial charge is 0.225 e. The van der Waals surface area contributed by atoms with Gasteiger partial charge in [-0.15, -0.1) is 24.0 Å². The number of aliphatic imine (C=N–C) groups is 1. The molecule has 0 bridgehead atoms. The molecule has 1 aliphatic rings. The molecule has 1 unspecified atom stereocenters. The van der Waals surface area contributed by atoms with Crippen molar-refractivity contribution in [2.75, 3.05) is 32.1 Å². The van der Waals surface area contributed by atoms with Crippen LogP contribution in [0.5, 0.6) is 5.75 Å². The van der Waals surface area contributed by atoms with Crippen molar-refractivity contribution in [2.45, 2.75) is 38.5 Å². The summed E-state index contributed by atoms with van der Waals surface area (Å²) >= 11 is 0.